The molecule has 5 nitrogen and oxygen atoms in total. The van der Waals surface area contributed by atoms with Gasteiger partial charge in [-0.3, -0.25) is 0 Å². The van der Waals surface area contributed by atoms with Gasteiger partial charge in [-0.05, 0) is 12.8 Å². The van der Waals surface area contributed by atoms with E-state index in [1.807, 2.05) is 0 Å². The highest BCUT2D eigenvalue weighted by Crippen LogP contribution is 1.93. The molecule has 0 bridgehead atoms. The molecule has 2 N–H and O–H groups in total. The topological polar surface area (TPSA) is 70.9 Å². The smallest absolute Gasteiger partial charge is 0.225 e. The van der Waals surface area contributed by atoms with Crippen LogP contribution in [0.2, 0.25) is 0 Å². The molecule has 5 heteroatoms. The van der Waals surface area contributed by atoms with Gasteiger partial charge in [0.2, 0.25) is 5.95 Å². The van der Waals surface area contributed by atoms with Gasteiger partial charge in [0.15, 0.2) is 0 Å². The lowest BCUT2D eigenvalue weighted by atomic mass is 10.3. The molecule has 0 aliphatic heterocycles. The van der Waals surface area contributed by atoms with Gasteiger partial charge >= 0.3 is 0 Å². The molecule has 1 aromatic heterocycles. The van der Waals surface area contributed by atoms with Crippen LogP contribution in [0.25, 0.3) is 0 Å². The Labute approximate surface area is 70.9 Å². The van der Waals surface area contributed by atoms with Crippen molar-refractivity contribution in [2.75, 3.05) is 18.5 Å². The van der Waals surface area contributed by atoms with Crippen molar-refractivity contribution < 1.29 is 5.11 Å². The molecule has 0 fully saturated rings. The van der Waals surface area contributed by atoms with E-state index in [0.29, 0.717) is 5.95 Å². The van der Waals surface area contributed by atoms with Crippen molar-refractivity contribution in [1.82, 2.24) is 15.0 Å². The van der Waals surface area contributed by atoms with E-state index < -0.39 is 0 Å². The van der Waals surface area contributed by atoms with Crippen LogP contribution < -0.4 is 5.32 Å². The molecule has 0 atom stereocenters. The summed E-state index contributed by atoms with van der Waals surface area (Å²) in [6.45, 7) is 1.02. The standard InChI is InChI=1S/C7H12N4O/c12-4-2-1-3-9-7-10-5-8-6-11-7/h5-6,12H,1-4H2,(H,8,9,10,11). The Hall–Kier alpha value is -1.23. The van der Waals surface area contributed by atoms with Crippen LogP contribution in [-0.4, -0.2) is 33.2 Å². The molecule has 0 aliphatic rings. The summed E-state index contributed by atoms with van der Waals surface area (Å²) in [7, 11) is 0. The SMILES string of the molecule is OCCCCNc1ncncn1. The minimum absolute atomic E-state index is 0.235. The number of unbranched alkanes of at least 4 members (excludes halogenated alkanes) is 1. The molecule has 0 saturated carbocycles. The van der Waals surface area contributed by atoms with E-state index in [4.69, 9.17) is 5.11 Å². The third-order valence-corrected chi connectivity index (χ3v) is 1.36. The number of nitrogens with one attached hydrogen (secondary N) is 1. The summed E-state index contributed by atoms with van der Waals surface area (Å²) < 4.78 is 0. The van der Waals surface area contributed by atoms with Gasteiger partial charge < -0.3 is 10.4 Å². The molecule has 1 aromatic rings. The Balaban J connectivity index is 2.16. The van der Waals surface area contributed by atoms with E-state index in [2.05, 4.69) is 20.3 Å². The first-order valence-corrected chi connectivity index (χ1v) is 3.90. The van der Waals surface area contributed by atoms with Gasteiger partial charge in [-0.25, -0.2) is 15.0 Å². The zero-order chi connectivity index (χ0) is 8.65. The van der Waals surface area contributed by atoms with Crippen molar-refractivity contribution in [2.45, 2.75) is 12.8 Å². The lowest BCUT2D eigenvalue weighted by Gasteiger charge is -2.01. The van der Waals surface area contributed by atoms with Crippen molar-refractivity contribution in [3.63, 3.8) is 0 Å². The largest absolute Gasteiger partial charge is 0.396 e. The number of aliphatic hydroxyl groups excluding tert-OH is 1. The summed E-state index contributed by atoms with van der Waals surface area (Å²) in [6.07, 6.45) is 4.61. The highest BCUT2D eigenvalue weighted by atomic mass is 16.2. The molecule has 0 unspecified atom stereocenters. The molecule has 1 heterocycles. The number of anilines is 1. The second-order valence-electron chi connectivity index (χ2n) is 2.32. The molecule has 0 saturated heterocycles. The van der Waals surface area contributed by atoms with Crippen LogP contribution in [0.3, 0.4) is 0 Å². The summed E-state index contributed by atoms with van der Waals surface area (Å²) in [5.74, 6) is 0.586. The molecular weight excluding hydrogens is 156 g/mol. The highest BCUT2D eigenvalue weighted by Gasteiger charge is 1.91. The lowest BCUT2D eigenvalue weighted by molar-refractivity contribution is 0.286. The third-order valence-electron chi connectivity index (χ3n) is 1.36. The van der Waals surface area contributed by atoms with Gasteiger partial charge in [0.1, 0.15) is 12.7 Å². The Kier molecular flexibility index (Phi) is 4.01. The minimum atomic E-state index is 0.235. The van der Waals surface area contributed by atoms with Crippen LogP contribution in [-0.2, 0) is 0 Å². The zero-order valence-corrected chi connectivity index (χ0v) is 6.77. The van der Waals surface area contributed by atoms with E-state index in [1.54, 1.807) is 0 Å². The number of hydrogen-bond donors (Lipinski definition) is 2. The lowest BCUT2D eigenvalue weighted by Crippen LogP contribution is -2.05. The molecule has 66 valence electrons. The predicted octanol–water partition coefficient (Wildman–Crippen LogP) is 0.0560. The van der Waals surface area contributed by atoms with Crippen molar-refractivity contribution in [3.05, 3.63) is 12.7 Å². The monoisotopic (exact) mass is 168 g/mol. The number of rotatable bonds is 5. The first kappa shape index (κ1) is 8.86. The predicted molar refractivity (Wildman–Crippen MR) is 44.6 cm³/mol. The quantitative estimate of drug-likeness (QED) is 0.608. The van der Waals surface area contributed by atoms with Gasteiger partial charge in [0, 0.05) is 13.2 Å². The number of hydrogen-bond acceptors (Lipinski definition) is 5. The van der Waals surface area contributed by atoms with Crippen molar-refractivity contribution in [2.24, 2.45) is 0 Å². The molecule has 12 heavy (non-hydrogen) atoms. The van der Waals surface area contributed by atoms with Crippen LogP contribution in [0.5, 0.6) is 0 Å². The van der Waals surface area contributed by atoms with E-state index >= 15 is 0 Å². The first-order valence-electron chi connectivity index (χ1n) is 3.90. The second kappa shape index (κ2) is 5.42. The maximum absolute atomic E-state index is 8.49. The highest BCUT2D eigenvalue weighted by molar-refractivity contribution is 5.19. The van der Waals surface area contributed by atoms with Crippen molar-refractivity contribution >= 4 is 5.95 Å². The fourth-order valence-electron chi connectivity index (χ4n) is 0.767. The van der Waals surface area contributed by atoms with Crippen LogP contribution in [0.1, 0.15) is 12.8 Å². The van der Waals surface area contributed by atoms with E-state index in [0.717, 1.165) is 19.4 Å². The molecule has 1 rings (SSSR count). The van der Waals surface area contributed by atoms with Gasteiger partial charge in [-0.2, -0.15) is 0 Å². The summed E-state index contributed by atoms with van der Waals surface area (Å²) in [5, 5.41) is 11.5. The molecule has 0 aliphatic carbocycles. The normalized spacial score (nSPS) is 9.75. The van der Waals surface area contributed by atoms with Crippen LogP contribution in [0.4, 0.5) is 5.95 Å². The molecule has 0 aromatic carbocycles. The fourth-order valence-corrected chi connectivity index (χ4v) is 0.767. The Morgan fingerprint density at radius 2 is 2.00 bits per heavy atom. The number of aliphatic hydroxyl groups is 1. The van der Waals surface area contributed by atoms with E-state index in [-0.39, 0.29) is 6.61 Å². The van der Waals surface area contributed by atoms with Gasteiger partial charge in [-0.15, -0.1) is 0 Å². The van der Waals surface area contributed by atoms with Crippen LogP contribution >= 0.6 is 0 Å². The van der Waals surface area contributed by atoms with Crippen LogP contribution in [0, 0.1) is 0 Å². The van der Waals surface area contributed by atoms with Crippen molar-refractivity contribution in [1.29, 1.82) is 0 Å². The fraction of sp³-hybridized carbons (Fsp3) is 0.571. The molecule has 0 amide bonds. The third kappa shape index (κ3) is 3.25. The second-order valence-corrected chi connectivity index (χ2v) is 2.32. The van der Waals surface area contributed by atoms with Gasteiger partial charge in [0.05, 0.1) is 0 Å². The maximum Gasteiger partial charge on any atom is 0.225 e. The Morgan fingerprint density at radius 1 is 1.25 bits per heavy atom. The van der Waals surface area contributed by atoms with E-state index in [9.17, 15) is 0 Å². The van der Waals surface area contributed by atoms with Crippen molar-refractivity contribution in [3.8, 4) is 0 Å². The Bertz CT molecular complexity index is 204. The zero-order valence-electron chi connectivity index (χ0n) is 6.77. The number of aromatic nitrogens is 3. The molecule has 0 spiro atoms. The summed E-state index contributed by atoms with van der Waals surface area (Å²) >= 11 is 0. The maximum atomic E-state index is 8.49. The summed E-state index contributed by atoms with van der Waals surface area (Å²) in [4.78, 5) is 11.4. The Morgan fingerprint density at radius 3 is 2.67 bits per heavy atom. The average molecular weight is 168 g/mol. The van der Waals surface area contributed by atoms with Gasteiger partial charge in [-0.1, -0.05) is 0 Å². The number of nitrogens with zero attached hydrogens (tertiary/aromatic N) is 3. The van der Waals surface area contributed by atoms with Gasteiger partial charge in [0.25, 0.3) is 0 Å². The molecular formula is C7H12N4O. The first-order chi connectivity index (χ1) is 5.93. The van der Waals surface area contributed by atoms with E-state index in [1.165, 1.54) is 12.7 Å². The van der Waals surface area contributed by atoms with Crippen LogP contribution in [0.15, 0.2) is 12.7 Å². The summed E-state index contributed by atoms with van der Waals surface area (Å²) in [6, 6.07) is 0. The average Bonchev–Trinajstić information content (AvgIpc) is 2.14. The summed E-state index contributed by atoms with van der Waals surface area (Å²) in [5.41, 5.74) is 0. The minimum Gasteiger partial charge on any atom is -0.396 e. The molecule has 0 radical (unpaired) electrons.